The molecule has 0 atom stereocenters. The van der Waals surface area contributed by atoms with E-state index in [4.69, 9.17) is 9.88 Å². The topological polar surface area (TPSA) is 125 Å². The van der Waals surface area contributed by atoms with Gasteiger partial charge in [0, 0.05) is 5.69 Å². The predicted octanol–water partition coefficient (Wildman–Crippen LogP) is 2.34. The van der Waals surface area contributed by atoms with Gasteiger partial charge in [0.15, 0.2) is 6.61 Å². The van der Waals surface area contributed by atoms with E-state index in [2.05, 4.69) is 10.1 Å². The van der Waals surface area contributed by atoms with Crippen LogP contribution in [0.5, 0.6) is 5.75 Å². The molecule has 29 heavy (non-hydrogen) atoms. The van der Waals surface area contributed by atoms with Crippen LogP contribution in [0.25, 0.3) is 0 Å². The fourth-order valence-corrected chi connectivity index (χ4v) is 2.68. The van der Waals surface area contributed by atoms with Crippen LogP contribution in [0.3, 0.4) is 0 Å². The van der Waals surface area contributed by atoms with Gasteiger partial charge in [-0.25, -0.2) is 18.4 Å². The minimum Gasteiger partial charge on any atom is -0.452 e. The number of benzene rings is 2. The van der Waals surface area contributed by atoms with Crippen LogP contribution in [0.15, 0.2) is 47.4 Å². The number of rotatable bonds is 6. The maximum absolute atomic E-state index is 12.1. The molecule has 156 valence electrons. The molecule has 3 N–H and O–H groups in total. The van der Waals surface area contributed by atoms with Crippen molar-refractivity contribution in [1.82, 2.24) is 0 Å². The number of carbonyl (C=O) groups excluding carboxylic acids is 2. The molecule has 2 aromatic carbocycles. The molecule has 0 radical (unpaired) electrons. The minimum atomic E-state index is -4.84. The third kappa shape index (κ3) is 6.76. The Hall–Kier alpha value is -3.12. The number of ether oxygens (including phenoxy) is 2. The first-order chi connectivity index (χ1) is 13.3. The van der Waals surface area contributed by atoms with Gasteiger partial charge in [-0.1, -0.05) is 6.07 Å². The van der Waals surface area contributed by atoms with Gasteiger partial charge in [-0.2, -0.15) is 0 Å². The summed E-state index contributed by atoms with van der Waals surface area (Å²) in [5, 5.41) is 7.33. The number of aryl methyl sites for hydroxylation is 1. The zero-order chi connectivity index (χ0) is 21.8. The third-order valence-electron chi connectivity index (χ3n) is 3.46. The lowest BCUT2D eigenvalue weighted by atomic mass is 10.1. The van der Waals surface area contributed by atoms with E-state index in [-0.39, 0.29) is 16.1 Å². The van der Waals surface area contributed by atoms with Crippen molar-refractivity contribution in [2.24, 2.45) is 5.14 Å². The van der Waals surface area contributed by atoms with Crippen LogP contribution in [0.4, 0.5) is 18.9 Å². The Kier molecular flexibility index (Phi) is 6.49. The van der Waals surface area contributed by atoms with Gasteiger partial charge in [0.05, 0.1) is 10.5 Å². The van der Waals surface area contributed by atoms with E-state index >= 15 is 0 Å². The van der Waals surface area contributed by atoms with E-state index in [0.29, 0.717) is 5.56 Å². The largest absolute Gasteiger partial charge is 0.573 e. The van der Waals surface area contributed by atoms with Gasteiger partial charge >= 0.3 is 12.3 Å². The van der Waals surface area contributed by atoms with Crippen molar-refractivity contribution >= 4 is 27.6 Å². The quantitative estimate of drug-likeness (QED) is 0.675. The Morgan fingerprint density at radius 1 is 1.10 bits per heavy atom. The molecule has 0 aromatic heterocycles. The van der Waals surface area contributed by atoms with Gasteiger partial charge in [-0.15, -0.1) is 13.2 Å². The highest BCUT2D eigenvalue weighted by Crippen LogP contribution is 2.24. The lowest BCUT2D eigenvalue weighted by molar-refractivity contribution is -0.274. The number of carbonyl (C=O) groups is 2. The van der Waals surface area contributed by atoms with Crippen molar-refractivity contribution in [3.05, 3.63) is 53.6 Å². The Morgan fingerprint density at radius 3 is 2.28 bits per heavy atom. The maximum Gasteiger partial charge on any atom is 0.573 e. The van der Waals surface area contributed by atoms with Crippen molar-refractivity contribution in [3.8, 4) is 5.75 Å². The Morgan fingerprint density at radius 2 is 1.72 bits per heavy atom. The molecule has 0 aliphatic carbocycles. The van der Waals surface area contributed by atoms with Crippen LogP contribution in [0, 0.1) is 6.92 Å². The summed E-state index contributed by atoms with van der Waals surface area (Å²) in [5.41, 5.74) is 0.467. The minimum absolute atomic E-state index is 0.0852. The molecule has 8 nitrogen and oxygen atoms in total. The molecular weight excluding hydrogens is 417 g/mol. The molecule has 12 heteroatoms. The first-order valence-electron chi connectivity index (χ1n) is 7.81. The molecule has 2 rings (SSSR count). The summed E-state index contributed by atoms with van der Waals surface area (Å²) in [4.78, 5) is 23.7. The average Bonchev–Trinajstić information content (AvgIpc) is 2.59. The van der Waals surface area contributed by atoms with E-state index in [1.54, 1.807) is 0 Å². The summed E-state index contributed by atoms with van der Waals surface area (Å²) in [7, 11) is -4.03. The molecule has 0 unspecified atom stereocenters. The highest BCUT2D eigenvalue weighted by atomic mass is 32.2. The second-order valence-electron chi connectivity index (χ2n) is 5.72. The smallest absolute Gasteiger partial charge is 0.452 e. The number of hydrogen-bond donors (Lipinski definition) is 2. The molecule has 2 aromatic rings. The normalized spacial score (nSPS) is 11.6. The summed E-state index contributed by atoms with van der Waals surface area (Å²) in [6.07, 6.45) is -4.84. The van der Waals surface area contributed by atoms with Crippen molar-refractivity contribution in [2.45, 2.75) is 18.2 Å². The summed E-state index contributed by atoms with van der Waals surface area (Å²) < 4.78 is 67.6. The van der Waals surface area contributed by atoms with Crippen molar-refractivity contribution in [3.63, 3.8) is 0 Å². The predicted molar refractivity (Wildman–Crippen MR) is 94.6 cm³/mol. The van der Waals surface area contributed by atoms with Gasteiger partial charge in [-0.3, -0.25) is 4.79 Å². The number of hydrogen-bond acceptors (Lipinski definition) is 6. The monoisotopic (exact) mass is 432 g/mol. The van der Waals surface area contributed by atoms with Crippen molar-refractivity contribution in [1.29, 1.82) is 0 Å². The molecule has 1 amide bonds. The number of anilines is 1. The highest BCUT2D eigenvalue weighted by Gasteiger charge is 2.31. The van der Waals surface area contributed by atoms with Crippen LogP contribution in [0.2, 0.25) is 0 Å². The van der Waals surface area contributed by atoms with Crippen LogP contribution in [-0.2, 0) is 19.6 Å². The molecule has 0 heterocycles. The number of primary sulfonamides is 1. The van der Waals surface area contributed by atoms with Crippen LogP contribution in [0.1, 0.15) is 15.9 Å². The second kappa shape index (κ2) is 8.49. The Balaban J connectivity index is 1.96. The van der Waals surface area contributed by atoms with Gasteiger partial charge in [0.1, 0.15) is 5.75 Å². The van der Waals surface area contributed by atoms with Crippen LogP contribution < -0.4 is 15.2 Å². The molecule has 0 bridgehead atoms. The molecule has 0 fully saturated rings. The molecule has 0 spiro atoms. The van der Waals surface area contributed by atoms with Crippen LogP contribution >= 0.6 is 0 Å². The number of nitrogens with one attached hydrogen (secondary N) is 1. The average molecular weight is 432 g/mol. The van der Waals surface area contributed by atoms with E-state index in [1.165, 1.54) is 31.2 Å². The van der Waals surface area contributed by atoms with E-state index in [9.17, 15) is 31.2 Å². The third-order valence-corrected chi connectivity index (χ3v) is 4.37. The summed E-state index contributed by atoms with van der Waals surface area (Å²) in [6.45, 7) is 0.826. The molecule has 0 saturated heterocycles. The number of sulfonamides is 1. The highest BCUT2D eigenvalue weighted by molar-refractivity contribution is 7.89. The van der Waals surface area contributed by atoms with Gasteiger partial charge in [0.25, 0.3) is 5.91 Å². The zero-order valence-electron chi connectivity index (χ0n) is 14.8. The van der Waals surface area contributed by atoms with Crippen molar-refractivity contribution in [2.75, 3.05) is 11.9 Å². The van der Waals surface area contributed by atoms with Crippen LogP contribution in [-0.4, -0.2) is 33.3 Å². The zero-order valence-corrected chi connectivity index (χ0v) is 15.6. The fraction of sp³-hybridized carbons (Fsp3) is 0.176. The number of amides is 1. The second-order valence-corrected chi connectivity index (χ2v) is 7.28. The number of halogens is 3. The van der Waals surface area contributed by atoms with Gasteiger partial charge < -0.3 is 14.8 Å². The van der Waals surface area contributed by atoms with Crippen molar-refractivity contribution < 1.29 is 40.7 Å². The number of esters is 1. The summed E-state index contributed by atoms with van der Waals surface area (Å²) in [5.74, 6) is -2.17. The lowest BCUT2D eigenvalue weighted by Gasteiger charge is -2.11. The summed E-state index contributed by atoms with van der Waals surface area (Å²) >= 11 is 0. The summed E-state index contributed by atoms with van der Waals surface area (Å²) in [6, 6.07) is 7.95. The number of nitrogens with two attached hydrogens (primary N) is 1. The van der Waals surface area contributed by atoms with E-state index < -0.39 is 40.6 Å². The first kappa shape index (κ1) is 22.2. The van der Waals surface area contributed by atoms with Gasteiger partial charge in [0.2, 0.25) is 10.0 Å². The van der Waals surface area contributed by atoms with Gasteiger partial charge in [-0.05, 0) is 48.9 Å². The Labute approximate surface area is 163 Å². The van der Waals surface area contributed by atoms with E-state index in [1.807, 2.05) is 0 Å². The SMILES string of the molecule is Cc1ccc(S(N)(=O)=O)cc1C(=O)OCC(=O)Nc1ccc(OC(F)(F)F)cc1. The Bertz CT molecular complexity index is 1020. The lowest BCUT2D eigenvalue weighted by Crippen LogP contribution is -2.22. The molecular formula is C17H15F3N2O6S. The number of alkyl halides is 3. The molecule has 0 aliphatic heterocycles. The first-order valence-corrected chi connectivity index (χ1v) is 9.36. The fourth-order valence-electron chi connectivity index (χ4n) is 2.14. The standard InChI is InChI=1S/C17H15F3N2O6S/c1-10-2-7-13(29(21,25)26)8-14(10)16(24)27-9-15(23)22-11-3-5-12(6-4-11)28-17(18,19)20/h2-8H,9H2,1H3,(H,22,23)(H2,21,25,26). The molecule has 0 saturated carbocycles. The maximum atomic E-state index is 12.1. The molecule has 0 aliphatic rings. The van der Waals surface area contributed by atoms with E-state index in [0.717, 1.165) is 18.2 Å².